The molecule has 1 unspecified atom stereocenters. The predicted molar refractivity (Wildman–Crippen MR) is 81.4 cm³/mol. The van der Waals surface area contributed by atoms with E-state index in [1.807, 2.05) is 26.8 Å². The molecular weight excluding hydrogens is 274 g/mol. The number of rotatable bonds is 5. The van der Waals surface area contributed by atoms with Gasteiger partial charge in [0.05, 0.1) is 5.39 Å². The van der Waals surface area contributed by atoms with Crippen molar-refractivity contribution < 1.29 is 9.90 Å². The van der Waals surface area contributed by atoms with Crippen molar-refractivity contribution in [2.75, 3.05) is 5.32 Å². The van der Waals surface area contributed by atoms with Gasteiger partial charge in [0.1, 0.15) is 22.5 Å². The Morgan fingerprint density at radius 2 is 2.15 bits per heavy atom. The van der Waals surface area contributed by atoms with Crippen molar-refractivity contribution in [3.8, 4) is 0 Å². The van der Waals surface area contributed by atoms with Gasteiger partial charge >= 0.3 is 5.97 Å². The fourth-order valence-electron chi connectivity index (χ4n) is 2.02. The summed E-state index contributed by atoms with van der Waals surface area (Å²) in [5.41, 5.74) is 0. The molecule has 2 aromatic heterocycles. The van der Waals surface area contributed by atoms with E-state index in [1.165, 1.54) is 4.88 Å². The third-order valence-corrected chi connectivity index (χ3v) is 4.30. The third kappa shape index (κ3) is 2.90. The van der Waals surface area contributed by atoms with Crippen LogP contribution in [0, 0.1) is 12.8 Å². The number of aryl methyl sites for hydroxylation is 2. The van der Waals surface area contributed by atoms with Crippen LogP contribution in [0.3, 0.4) is 0 Å². The first-order valence-electron chi connectivity index (χ1n) is 6.68. The van der Waals surface area contributed by atoms with Crippen LogP contribution in [0.4, 0.5) is 5.82 Å². The molecule has 5 nitrogen and oxygen atoms in total. The highest BCUT2D eigenvalue weighted by atomic mass is 32.1. The minimum absolute atomic E-state index is 0.0258. The summed E-state index contributed by atoms with van der Waals surface area (Å²) < 4.78 is 0. The van der Waals surface area contributed by atoms with Crippen molar-refractivity contribution >= 4 is 33.3 Å². The minimum atomic E-state index is -0.865. The number of anilines is 1. The van der Waals surface area contributed by atoms with Gasteiger partial charge in [0.2, 0.25) is 0 Å². The predicted octanol–water partition coefficient (Wildman–Crippen LogP) is 3.08. The third-order valence-electron chi connectivity index (χ3n) is 3.13. The molecule has 2 heterocycles. The Kier molecular flexibility index (Phi) is 4.23. The van der Waals surface area contributed by atoms with Crippen LogP contribution in [0.1, 0.15) is 31.5 Å². The summed E-state index contributed by atoms with van der Waals surface area (Å²) in [7, 11) is 0. The van der Waals surface area contributed by atoms with Gasteiger partial charge in [0.25, 0.3) is 0 Å². The molecule has 2 rings (SSSR count). The number of aliphatic carboxylic acids is 1. The molecule has 0 amide bonds. The number of carbonyl (C=O) groups is 1. The minimum Gasteiger partial charge on any atom is -0.480 e. The lowest BCUT2D eigenvalue weighted by atomic mass is 10.0. The second kappa shape index (κ2) is 5.75. The van der Waals surface area contributed by atoms with E-state index in [1.54, 1.807) is 11.3 Å². The normalized spacial score (nSPS) is 12.8. The van der Waals surface area contributed by atoms with Crippen molar-refractivity contribution in [3.05, 3.63) is 16.8 Å². The average Bonchev–Trinajstić information content (AvgIpc) is 2.77. The first kappa shape index (κ1) is 14.7. The maximum Gasteiger partial charge on any atom is 0.326 e. The Balaban J connectivity index is 2.47. The maximum absolute atomic E-state index is 11.3. The van der Waals surface area contributed by atoms with E-state index in [4.69, 9.17) is 0 Å². The molecule has 0 radical (unpaired) electrons. The van der Waals surface area contributed by atoms with E-state index in [0.29, 0.717) is 11.6 Å². The highest BCUT2D eigenvalue weighted by Crippen LogP contribution is 2.30. The molecule has 0 aliphatic carbocycles. The monoisotopic (exact) mass is 293 g/mol. The topological polar surface area (TPSA) is 75.1 Å². The molecule has 0 fully saturated rings. The van der Waals surface area contributed by atoms with Gasteiger partial charge in [-0.15, -0.1) is 11.3 Å². The second-order valence-electron chi connectivity index (χ2n) is 5.11. The van der Waals surface area contributed by atoms with Crippen LogP contribution in [0.5, 0.6) is 0 Å². The number of hydrogen-bond donors (Lipinski definition) is 2. The van der Waals surface area contributed by atoms with Crippen molar-refractivity contribution in [1.82, 2.24) is 9.97 Å². The van der Waals surface area contributed by atoms with Crippen molar-refractivity contribution in [2.24, 2.45) is 5.92 Å². The van der Waals surface area contributed by atoms with Gasteiger partial charge in [0.15, 0.2) is 0 Å². The summed E-state index contributed by atoms with van der Waals surface area (Å²) in [6.45, 7) is 7.66. The van der Waals surface area contributed by atoms with E-state index in [-0.39, 0.29) is 5.92 Å². The van der Waals surface area contributed by atoms with Crippen molar-refractivity contribution in [2.45, 2.75) is 40.2 Å². The zero-order valence-electron chi connectivity index (χ0n) is 12.1. The van der Waals surface area contributed by atoms with Crippen LogP contribution < -0.4 is 5.32 Å². The van der Waals surface area contributed by atoms with Gasteiger partial charge in [-0.25, -0.2) is 14.8 Å². The summed E-state index contributed by atoms with van der Waals surface area (Å²) in [4.78, 5) is 22.2. The van der Waals surface area contributed by atoms with Crippen LogP contribution >= 0.6 is 11.3 Å². The number of carboxylic acid groups (broad SMARTS) is 1. The molecule has 0 aliphatic heterocycles. The first-order valence-corrected chi connectivity index (χ1v) is 7.50. The molecule has 20 heavy (non-hydrogen) atoms. The molecule has 108 valence electrons. The SMILES string of the molecule is CCc1cc2c(NC(C(=O)O)C(C)C)nc(C)nc2s1. The second-order valence-corrected chi connectivity index (χ2v) is 6.22. The van der Waals surface area contributed by atoms with Gasteiger partial charge in [-0.2, -0.15) is 0 Å². The summed E-state index contributed by atoms with van der Waals surface area (Å²) in [6.07, 6.45) is 0.937. The van der Waals surface area contributed by atoms with E-state index < -0.39 is 12.0 Å². The molecule has 0 saturated carbocycles. The van der Waals surface area contributed by atoms with Gasteiger partial charge in [0, 0.05) is 4.88 Å². The lowest BCUT2D eigenvalue weighted by Crippen LogP contribution is -2.34. The number of aromatic nitrogens is 2. The van der Waals surface area contributed by atoms with Crippen LogP contribution in [-0.4, -0.2) is 27.1 Å². The molecule has 6 heteroatoms. The van der Waals surface area contributed by atoms with Crippen molar-refractivity contribution in [3.63, 3.8) is 0 Å². The molecule has 0 saturated heterocycles. The summed E-state index contributed by atoms with van der Waals surface area (Å²) in [5, 5.41) is 13.3. The maximum atomic E-state index is 11.3. The van der Waals surface area contributed by atoms with Gasteiger partial charge < -0.3 is 10.4 Å². The molecule has 1 atom stereocenters. The summed E-state index contributed by atoms with van der Waals surface area (Å²) >= 11 is 1.63. The lowest BCUT2D eigenvalue weighted by Gasteiger charge is -2.19. The summed E-state index contributed by atoms with van der Waals surface area (Å²) in [5.74, 6) is 0.374. The van der Waals surface area contributed by atoms with Gasteiger partial charge in [-0.05, 0) is 25.3 Å². The standard InChI is InChI=1S/C14H19N3O2S/c1-5-9-6-10-12(15-8(4)16-13(10)20-9)17-11(7(2)3)14(18)19/h6-7,11H,5H2,1-4H3,(H,18,19)(H,15,16,17). The highest BCUT2D eigenvalue weighted by molar-refractivity contribution is 7.18. The number of hydrogen-bond acceptors (Lipinski definition) is 5. The fourth-order valence-corrected chi connectivity index (χ4v) is 3.04. The number of thiophene rings is 1. The lowest BCUT2D eigenvalue weighted by molar-refractivity contribution is -0.138. The van der Waals surface area contributed by atoms with E-state index in [9.17, 15) is 9.90 Å². The number of nitrogens with zero attached hydrogens (tertiary/aromatic N) is 2. The van der Waals surface area contributed by atoms with E-state index >= 15 is 0 Å². The largest absolute Gasteiger partial charge is 0.480 e. The van der Waals surface area contributed by atoms with Crippen LogP contribution in [0.25, 0.3) is 10.2 Å². The quantitative estimate of drug-likeness (QED) is 0.886. The molecule has 2 aromatic rings. The van der Waals surface area contributed by atoms with Crippen molar-refractivity contribution in [1.29, 1.82) is 0 Å². The fraction of sp³-hybridized carbons (Fsp3) is 0.500. The van der Waals surface area contributed by atoms with Crippen LogP contribution in [0.15, 0.2) is 6.07 Å². The first-order chi connectivity index (χ1) is 9.42. The van der Waals surface area contributed by atoms with Crippen LogP contribution in [-0.2, 0) is 11.2 Å². The van der Waals surface area contributed by atoms with E-state index in [0.717, 1.165) is 16.6 Å². The Morgan fingerprint density at radius 1 is 1.45 bits per heavy atom. The number of fused-ring (bicyclic) bond motifs is 1. The van der Waals surface area contributed by atoms with E-state index in [2.05, 4.69) is 22.2 Å². The zero-order chi connectivity index (χ0) is 14.9. The Morgan fingerprint density at radius 3 is 2.70 bits per heavy atom. The van der Waals surface area contributed by atoms with Gasteiger partial charge in [-0.1, -0.05) is 20.8 Å². The van der Waals surface area contributed by atoms with Gasteiger partial charge in [-0.3, -0.25) is 0 Å². The number of carboxylic acids is 1. The Bertz CT molecular complexity index is 637. The summed E-state index contributed by atoms with van der Waals surface area (Å²) in [6, 6.07) is 1.39. The molecule has 0 aromatic carbocycles. The molecule has 0 bridgehead atoms. The van der Waals surface area contributed by atoms with Crippen LogP contribution in [0.2, 0.25) is 0 Å². The zero-order valence-corrected chi connectivity index (χ0v) is 12.9. The Labute approximate surface area is 122 Å². The smallest absolute Gasteiger partial charge is 0.326 e. The molecule has 0 spiro atoms. The number of nitrogens with one attached hydrogen (secondary N) is 1. The Hall–Kier alpha value is -1.69. The molecule has 2 N–H and O–H groups in total. The molecular formula is C14H19N3O2S. The highest BCUT2D eigenvalue weighted by Gasteiger charge is 2.23. The molecule has 0 aliphatic rings. The average molecular weight is 293 g/mol.